The SMILES string of the molecule is CNC(c1cc(C)ccc1F)c1c(Br)cnn1C. The molecule has 0 aliphatic heterocycles. The number of aromatic nitrogens is 2. The van der Waals surface area contributed by atoms with Crippen molar-refractivity contribution in [2.24, 2.45) is 7.05 Å². The number of aryl methyl sites for hydroxylation is 2. The Morgan fingerprint density at radius 1 is 1.44 bits per heavy atom. The maximum atomic E-state index is 14.0. The van der Waals surface area contributed by atoms with E-state index in [2.05, 4.69) is 26.3 Å². The van der Waals surface area contributed by atoms with Crippen LogP contribution >= 0.6 is 15.9 Å². The van der Waals surface area contributed by atoms with Gasteiger partial charge in [0.2, 0.25) is 0 Å². The third kappa shape index (κ3) is 2.33. The smallest absolute Gasteiger partial charge is 0.128 e. The molecule has 0 saturated carbocycles. The Bertz CT molecular complexity index is 546. The lowest BCUT2D eigenvalue weighted by atomic mass is 10.0. The second-order valence-corrected chi connectivity index (χ2v) is 5.10. The van der Waals surface area contributed by atoms with Crippen molar-refractivity contribution in [2.75, 3.05) is 7.05 Å². The molecule has 1 aromatic carbocycles. The Hall–Kier alpha value is -1.20. The van der Waals surface area contributed by atoms with Gasteiger partial charge in [0, 0.05) is 12.6 Å². The third-order valence-electron chi connectivity index (χ3n) is 2.96. The molecule has 1 N–H and O–H groups in total. The van der Waals surface area contributed by atoms with E-state index in [9.17, 15) is 4.39 Å². The maximum Gasteiger partial charge on any atom is 0.128 e. The second-order valence-electron chi connectivity index (χ2n) is 4.25. The lowest BCUT2D eigenvalue weighted by Crippen LogP contribution is -2.22. The first-order chi connectivity index (χ1) is 8.54. The monoisotopic (exact) mass is 311 g/mol. The van der Waals surface area contributed by atoms with Crippen molar-refractivity contribution in [1.29, 1.82) is 0 Å². The number of halogens is 2. The van der Waals surface area contributed by atoms with E-state index in [1.807, 2.05) is 27.1 Å². The molecule has 5 heteroatoms. The van der Waals surface area contributed by atoms with Crippen LogP contribution in [0.15, 0.2) is 28.9 Å². The highest BCUT2D eigenvalue weighted by Crippen LogP contribution is 2.29. The molecule has 1 heterocycles. The average Bonchev–Trinajstić information content (AvgIpc) is 2.66. The molecule has 1 aromatic heterocycles. The lowest BCUT2D eigenvalue weighted by Gasteiger charge is -2.19. The Labute approximate surface area is 114 Å². The van der Waals surface area contributed by atoms with E-state index >= 15 is 0 Å². The molecule has 0 aliphatic rings. The number of nitrogens with one attached hydrogen (secondary N) is 1. The topological polar surface area (TPSA) is 29.9 Å². The van der Waals surface area contributed by atoms with Gasteiger partial charge in [0.15, 0.2) is 0 Å². The fraction of sp³-hybridized carbons (Fsp3) is 0.308. The van der Waals surface area contributed by atoms with Crippen LogP contribution < -0.4 is 5.32 Å². The molecule has 1 unspecified atom stereocenters. The molecule has 2 aromatic rings. The Balaban J connectivity index is 2.55. The molecule has 2 rings (SSSR count). The summed E-state index contributed by atoms with van der Waals surface area (Å²) in [5, 5.41) is 7.31. The average molecular weight is 312 g/mol. The van der Waals surface area contributed by atoms with Crippen molar-refractivity contribution >= 4 is 15.9 Å². The van der Waals surface area contributed by atoms with Gasteiger partial charge >= 0.3 is 0 Å². The van der Waals surface area contributed by atoms with Gasteiger partial charge in [0.25, 0.3) is 0 Å². The zero-order chi connectivity index (χ0) is 13.3. The van der Waals surface area contributed by atoms with Gasteiger partial charge in [0.05, 0.1) is 22.4 Å². The first-order valence-electron chi connectivity index (χ1n) is 5.65. The summed E-state index contributed by atoms with van der Waals surface area (Å²) in [6.07, 6.45) is 1.72. The van der Waals surface area contributed by atoms with Crippen LogP contribution in [0, 0.1) is 12.7 Å². The van der Waals surface area contributed by atoms with Crippen LogP contribution in [0.4, 0.5) is 4.39 Å². The van der Waals surface area contributed by atoms with E-state index in [-0.39, 0.29) is 11.9 Å². The summed E-state index contributed by atoms with van der Waals surface area (Å²) in [6, 6.07) is 4.89. The van der Waals surface area contributed by atoms with Crippen LogP contribution in [-0.4, -0.2) is 16.8 Å². The van der Waals surface area contributed by atoms with Crippen LogP contribution in [0.5, 0.6) is 0 Å². The van der Waals surface area contributed by atoms with E-state index in [1.54, 1.807) is 16.9 Å². The van der Waals surface area contributed by atoms with Crippen molar-refractivity contribution in [3.63, 3.8) is 0 Å². The van der Waals surface area contributed by atoms with Crippen LogP contribution in [0.2, 0.25) is 0 Å². The van der Waals surface area contributed by atoms with E-state index in [1.165, 1.54) is 6.07 Å². The molecule has 0 saturated heterocycles. The minimum atomic E-state index is -0.230. The zero-order valence-corrected chi connectivity index (χ0v) is 12.1. The first-order valence-corrected chi connectivity index (χ1v) is 6.44. The van der Waals surface area contributed by atoms with Crippen molar-refractivity contribution in [3.8, 4) is 0 Å². The van der Waals surface area contributed by atoms with Crippen LogP contribution in [0.3, 0.4) is 0 Å². The van der Waals surface area contributed by atoms with Gasteiger partial charge < -0.3 is 5.32 Å². The van der Waals surface area contributed by atoms with Gasteiger partial charge in [0.1, 0.15) is 5.82 Å². The lowest BCUT2D eigenvalue weighted by molar-refractivity contribution is 0.550. The second kappa shape index (κ2) is 5.20. The van der Waals surface area contributed by atoms with Gasteiger partial charge in [-0.2, -0.15) is 5.10 Å². The highest BCUT2D eigenvalue weighted by Gasteiger charge is 2.22. The van der Waals surface area contributed by atoms with Crippen molar-refractivity contribution in [3.05, 3.63) is 51.5 Å². The molecule has 1 atom stereocenters. The molecule has 0 spiro atoms. The van der Waals surface area contributed by atoms with Crippen molar-refractivity contribution in [1.82, 2.24) is 15.1 Å². The summed E-state index contributed by atoms with van der Waals surface area (Å²) in [7, 11) is 3.66. The summed E-state index contributed by atoms with van der Waals surface area (Å²) in [4.78, 5) is 0. The first kappa shape index (κ1) is 13.2. The quantitative estimate of drug-likeness (QED) is 0.944. The molecular formula is C13H15BrFN3. The minimum absolute atomic E-state index is 0.215. The van der Waals surface area contributed by atoms with Gasteiger partial charge in [-0.25, -0.2) is 4.39 Å². The normalized spacial score (nSPS) is 12.7. The van der Waals surface area contributed by atoms with Crippen LogP contribution in [-0.2, 0) is 7.05 Å². The van der Waals surface area contributed by atoms with Gasteiger partial charge in [-0.1, -0.05) is 17.7 Å². The van der Waals surface area contributed by atoms with E-state index < -0.39 is 0 Å². The highest BCUT2D eigenvalue weighted by atomic mass is 79.9. The fourth-order valence-electron chi connectivity index (χ4n) is 2.07. The molecule has 0 radical (unpaired) electrons. The summed E-state index contributed by atoms with van der Waals surface area (Å²) in [5.41, 5.74) is 2.56. The van der Waals surface area contributed by atoms with Gasteiger partial charge in [-0.15, -0.1) is 0 Å². The summed E-state index contributed by atoms with van der Waals surface area (Å²) < 4.78 is 16.6. The minimum Gasteiger partial charge on any atom is -0.308 e. The summed E-state index contributed by atoms with van der Waals surface area (Å²) in [6.45, 7) is 1.95. The Kier molecular flexibility index (Phi) is 3.82. The maximum absolute atomic E-state index is 14.0. The van der Waals surface area contributed by atoms with Crippen molar-refractivity contribution in [2.45, 2.75) is 13.0 Å². The fourth-order valence-corrected chi connectivity index (χ4v) is 2.65. The number of nitrogens with zero attached hydrogens (tertiary/aromatic N) is 2. The number of rotatable bonds is 3. The molecule has 18 heavy (non-hydrogen) atoms. The summed E-state index contributed by atoms with van der Waals surface area (Å²) in [5.74, 6) is -0.215. The van der Waals surface area contributed by atoms with Gasteiger partial charge in [-0.05, 0) is 36.0 Å². The molecule has 0 amide bonds. The Morgan fingerprint density at radius 3 is 2.72 bits per heavy atom. The van der Waals surface area contributed by atoms with Gasteiger partial charge in [-0.3, -0.25) is 4.68 Å². The Morgan fingerprint density at radius 2 is 2.17 bits per heavy atom. The number of benzene rings is 1. The standard InChI is InChI=1S/C13H15BrFN3/c1-8-4-5-11(15)9(6-8)12(16-2)13-10(14)7-17-18(13)3/h4-7,12,16H,1-3H3. The molecule has 0 aliphatic carbocycles. The third-order valence-corrected chi connectivity index (χ3v) is 3.57. The van der Waals surface area contributed by atoms with Crippen LogP contribution in [0.25, 0.3) is 0 Å². The number of hydrogen-bond acceptors (Lipinski definition) is 2. The van der Waals surface area contributed by atoms with E-state index in [0.717, 1.165) is 15.7 Å². The molecule has 96 valence electrons. The molecule has 0 bridgehead atoms. The molecular weight excluding hydrogens is 297 g/mol. The van der Waals surface area contributed by atoms with E-state index in [4.69, 9.17) is 0 Å². The molecule has 3 nitrogen and oxygen atoms in total. The van der Waals surface area contributed by atoms with Crippen LogP contribution in [0.1, 0.15) is 22.9 Å². The summed E-state index contributed by atoms with van der Waals surface area (Å²) >= 11 is 3.45. The zero-order valence-electron chi connectivity index (χ0n) is 10.5. The van der Waals surface area contributed by atoms with Crippen molar-refractivity contribution < 1.29 is 4.39 Å². The highest BCUT2D eigenvalue weighted by molar-refractivity contribution is 9.10. The molecule has 0 fully saturated rings. The predicted molar refractivity (Wildman–Crippen MR) is 72.9 cm³/mol. The van der Waals surface area contributed by atoms with E-state index in [0.29, 0.717) is 5.56 Å². The number of hydrogen-bond donors (Lipinski definition) is 1. The largest absolute Gasteiger partial charge is 0.308 e. The predicted octanol–water partition coefficient (Wildman–Crippen LogP) is 2.94.